The fourth-order valence-corrected chi connectivity index (χ4v) is 2.71. The second-order valence-electron chi connectivity index (χ2n) is 5.71. The average molecular weight is 346 g/mol. The molecule has 0 unspecified atom stereocenters. The van der Waals surface area contributed by atoms with Crippen LogP contribution in [0.4, 0.5) is 0 Å². The smallest absolute Gasteiger partial charge is 0.200 e. The zero-order valence-electron chi connectivity index (χ0n) is 13.7. The minimum atomic E-state index is -0.0920. The highest BCUT2D eigenvalue weighted by Gasteiger charge is 2.10. The number of rotatable bonds is 5. The van der Waals surface area contributed by atoms with Crippen LogP contribution in [0.1, 0.15) is 16.3 Å². The van der Waals surface area contributed by atoms with Gasteiger partial charge < -0.3 is 13.6 Å². The summed E-state index contributed by atoms with van der Waals surface area (Å²) in [5, 5.41) is 0.486. The van der Waals surface area contributed by atoms with Gasteiger partial charge in [-0.1, -0.05) is 30.3 Å². The zero-order valence-corrected chi connectivity index (χ0v) is 13.7. The quantitative estimate of drug-likeness (QED) is 0.500. The molecule has 0 aliphatic carbocycles. The summed E-state index contributed by atoms with van der Waals surface area (Å²) in [4.78, 5) is 23.3. The van der Waals surface area contributed by atoms with Gasteiger partial charge in [0, 0.05) is 6.07 Å². The van der Waals surface area contributed by atoms with Gasteiger partial charge in [0.2, 0.25) is 0 Å². The maximum absolute atomic E-state index is 12.7. The van der Waals surface area contributed by atoms with Crippen molar-refractivity contribution in [2.45, 2.75) is 6.61 Å². The summed E-state index contributed by atoms with van der Waals surface area (Å²) in [6.45, 7) is 0.172. The predicted molar refractivity (Wildman–Crippen MR) is 96.3 cm³/mol. The zero-order chi connectivity index (χ0) is 17.9. The van der Waals surface area contributed by atoms with E-state index in [2.05, 4.69) is 0 Å². The summed E-state index contributed by atoms with van der Waals surface area (Å²) in [6, 6.07) is 17.7. The molecule has 0 atom stereocenters. The Morgan fingerprint density at radius 3 is 2.62 bits per heavy atom. The first-order chi connectivity index (χ1) is 12.7. The molecule has 128 valence electrons. The van der Waals surface area contributed by atoms with Crippen LogP contribution >= 0.6 is 0 Å². The summed E-state index contributed by atoms with van der Waals surface area (Å²) >= 11 is 0. The summed E-state index contributed by atoms with van der Waals surface area (Å²) < 4.78 is 16.5. The number of furan rings is 1. The number of fused-ring (bicyclic) bond motifs is 1. The van der Waals surface area contributed by atoms with Crippen molar-refractivity contribution in [2.24, 2.45) is 0 Å². The Morgan fingerprint density at radius 1 is 1.00 bits per heavy atom. The van der Waals surface area contributed by atoms with Crippen molar-refractivity contribution >= 4 is 17.3 Å². The lowest BCUT2D eigenvalue weighted by atomic mass is 10.1. The molecule has 4 aromatic rings. The van der Waals surface area contributed by atoms with E-state index < -0.39 is 0 Å². The minimum Gasteiger partial charge on any atom is -0.486 e. The van der Waals surface area contributed by atoms with Crippen molar-refractivity contribution in [3.63, 3.8) is 0 Å². The van der Waals surface area contributed by atoms with Gasteiger partial charge in [-0.25, -0.2) is 0 Å². The largest absolute Gasteiger partial charge is 0.486 e. The van der Waals surface area contributed by atoms with Crippen molar-refractivity contribution < 1.29 is 18.4 Å². The van der Waals surface area contributed by atoms with E-state index in [1.54, 1.807) is 30.3 Å². The summed E-state index contributed by atoms with van der Waals surface area (Å²) in [7, 11) is 0. The Kier molecular flexibility index (Phi) is 4.11. The van der Waals surface area contributed by atoms with E-state index in [9.17, 15) is 9.59 Å². The molecule has 4 rings (SSSR count). The van der Waals surface area contributed by atoms with Gasteiger partial charge in [0.25, 0.3) is 0 Å². The van der Waals surface area contributed by atoms with E-state index in [0.717, 1.165) is 5.56 Å². The van der Waals surface area contributed by atoms with E-state index in [1.165, 1.54) is 6.26 Å². The van der Waals surface area contributed by atoms with Crippen LogP contribution in [0.25, 0.3) is 22.1 Å². The summed E-state index contributed by atoms with van der Waals surface area (Å²) in [5.41, 5.74) is 1.68. The number of carbonyl (C=O) groups is 1. The average Bonchev–Trinajstić information content (AvgIpc) is 3.15. The van der Waals surface area contributed by atoms with E-state index in [1.807, 2.05) is 30.3 Å². The van der Waals surface area contributed by atoms with Gasteiger partial charge in [-0.05, 0) is 29.8 Å². The third-order valence-corrected chi connectivity index (χ3v) is 4.01. The number of benzene rings is 2. The van der Waals surface area contributed by atoms with Crippen LogP contribution in [0.2, 0.25) is 0 Å². The highest BCUT2D eigenvalue weighted by molar-refractivity contribution is 5.82. The van der Waals surface area contributed by atoms with Crippen molar-refractivity contribution in [1.82, 2.24) is 0 Å². The van der Waals surface area contributed by atoms with Crippen LogP contribution in [0, 0.1) is 0 Å². The third-order valence-electron chi connectivity index (χ3n) is 4.01. The van der Waals surface area contributed by atoms with Gasteiger partial charge >= 0.3 is 0 Å². The molecule has 0 fully saturated rings. The van der Waals surface area contributed by atoms with Gasteiger partial charge in [0.15, 0.2) is 17.5 Å². The highest BCUT2D eigenvalue weighted by Crippen LogP contribution is 2.23. The van der Waals surface area contributed by atoms with Crippen molar-refractivity contribution in [3.8, 4) is 16.9 Å². The predicted octanol–water partition coefficient (Wildman–Crippen LogP) is 4.44. The molecule has 0 aliphatic heterocycles. The van der Waals surface area contributed by atoms with Crippen LogP contribution in [0.15, 0.2) is 80.6 Å². The molecule has 2 aromatic heterocycles. The number of hydrogen-bond donors (Lipinski definition) is 0. The number of carbonyl (C=O) groups excluding carboxylic acids is 1. The van der Waals surface area contributed by atoms with Gasteiger partial charge in [-0.15, -0.1) is 0 Å². The third kappa shape index (κ3) is 3.02. The fraction of sp³-hybridized carbons (Fsp3) is 0.0476. The van der Waals surface area contributed by atoms with Crippen molar-refractivity contribution in [2.75, 3.05) is 0 Å². The molecule has 0 saturated heterocycles. The molecular weight excluding hydrogens is 332 g/mol. The van der Waals surface area contributed by atoms with Crippen LogP contribution < -0.4 is 10.2 Å². The standard InChI is InChI=1S/C21H14O5/c22-11-16-6-7-17(26-16)12-24-15-8-9-18-20(10-15)25-13-19(21(18)23)14-4-2-1-3-5-14/h1-11,13H,12H2. The normalized spacial score (nSPS) is 10.8. The molecule has 0 bridgehead atoms. The molecule has 0 radical (unpaired) electrons. The number of aldehydes is 1. The van der Waals surface area contributed by atoms with Crippen LogP contribution in [0.5, 0.6) is 5.75 Å². The van der Waals surface area contributed by atoms with E-state index in [4.69, 9.17) is 13.6 Å². The summed E-state index contributed by atoms with van der Waals surface area (Å²) in [5.74, 6) is 1.33. The van der Waals surface area contributed by atoms with E-state index in [0.29, 0.717) is 34.3 Å². The number of hydrogen-bond acceptors (Lipinski definition) is 5. The molecule has 0 amide bonds. The topological polar surface area (TPSA) is 69.7 Å². The highest BCUT2D eigenvalue weighted by atomic mass is 16.5. The molecule has 5 nitrogen and oxygen atoms in total. The molecule has 0 spiro atoms. The molecular formula is C21H14O5. The lowest BCUT2D eigenvalue weighted by Gasteiger charge is -2.06. The molecule has 0 N–H and O–H groups in total. The monoisotopic (exact) mass is 346 g/mol. The Labute approximate surface area is 148 Å². The minimum absolute atomic E-state index is 0.0920. The molecule has 26 heavy (non-hydrogen) atoms. The van der Waals surface area contributed by atoms with Crippen LogP contribution in [0.3, 0.4) is 0 Å². The Morgan fingerprint density at radius 2 is 1.85 bits per heavy atom. The van der Waals surface area contributed by atoms with Crippen molar-refractivity contribution in [1.29, 1.82) is 0 Å². The van der Waals surface area contributed by atoms with E-state index >= 15 is 0 Å². The molecule has 2 aromatic carbocycles. The number of ether oxygens (including phenoxy) is 1. The fourth-order valence-electron chi connectivity index (χ4n) is 2.71. The molecule has 0 saturated carbocycles. The van der Waals surface area contributed by atoms with Gasteiger partial charge in [0.05, 0.1) is 10.9 Å². The lowest BCUT2D eigenvalue weighted by molar-refractivity contribution is 0.109. The molecule has 0 aliphatic rings. The van der Waals surface area contributed by atoms with Crippen molar-refractivity contribution in [3.05, 3.63) is 88.7 Å². The van der Waals surface area contributed by atoms with Gasteiger partial charge in [0.1, 0.15) is 30.0 Å². The van der Waals surface area contributed by atoms with Crippen LogP contribution in [-0.4, -0.2) is 6.29 Å². The first kappa shape index (κ1) is 15.9. The molecule has 5 heteroatoms. The molecule has 2 heterocycles. The Bertz CT molecular complexity index is 1120. The second-order valence-corrected chi connectivity index (χ2v) is 5.71. The van der Waals surface area contributed by atoms with E-state index in [-0.39, 0.29) is 17.8 Å². The lowest BCUT2D eigenvalue weighted by Crippen LogP contribution is -2.04. The first-order valence-corrected chi connectivity index (χ1v) is 8.02. The van der Waals surface area contributed by atoms with Gasteiger partial charge in [-0.2, -0.15) is 0 Å². The maximum Gasteiger partial charge on any atom is 0.200 e. The van der Waals surface area contributed by atoms with Gasteiger partial charge in [-0.3, -0.25) is 9.59 Å². The second kappa shape index (κ2) is 6.72. The maximum atomic E-state index is 12.7. The first-order valence-electron chi connectivity index (χ1n) is 8.02. The summed E-state index contributed by atoms with van der Waals surface area (Å²) in [6.07, 6.45) is 2.10. The Balaban J connectivity index is 1.61. The Hall–Kier alpha value is -3.60. The van der Waals surface area contributed by atoms with Crippen LogP contribution in [-0.2, 0) is 6.61 Å². The SMILES string of the molecule is O=Cc1ccc(COc2ccc3c(=O)c(-c4ccccc4)coc3c2)o1.